The van der Waals surface area contributed by atoms with Crippen LogP contribution in [0, 0.1) is 6.92 Å². The van der Waals surface area contributed by atoms with Gasteiger partial charge in [0.25, 0.3) is 10.0 Å². The average molecular weight is 323 g/mol. The minimum atomic E-state index is -3.68. The maximum absolute atomic E-state index is 12.4. The van der Waals surface area contributed by atoms with E-state index in [-0.39, 0.29) is 4.90 Å². The van der Waals surface area contributed by atoms with Crippen molar-refractivity contribution in [2.45, 2.75) is 18.4 Å². The Hall–Kier alpha value is -2.06. The number of nitrogens with zero attached hydrogens (tertiary/aromatic N) is 3. The molecule has 0 aliphatic heterocycles. The normalized spacial score (nSPS) is 11.8. The van der Waals surface area contributed by atoms with Crippen LogP contribution in [0.4, 0.5) is 11.6 Å². The molecule has 0 spiro atoms. The lowest BCUT2D eigenvalue weighted by Gasteiger charge is -2.15. The molecule has 0 fully saturated rings. The Kier molecular flexibility index (Phi) is 4.72. The second kappa shape index (κ2) is 6.37. The third-order valence-electron chi connectivity index (χ3n) is 3.24. The molecule has 0 bridgehead atoms. The van der Waals surface area contributed by atoms with Gasteiger partial charge in [-0.25, -0.2) is 18.1 Å². The van der Waals surface area contributed by atoms with Gasteiger partial charge in [0.2, 0.25) is 5.95 Å². The highest BCUT2D eigenvalue weighted by atomic mass is 32.2. The zero-order valence-corrected chi connectivity index (χ0v) is 13.8. The molecule has 0 radical (unpaired) electrons. The molecule has 1 heterocycles. The average Bonchev–Trinajstić information content (AvgIpc) is 2.77. The van der Waals surface area contributed by atoms with Gasteiger partial charge in [0, 0.05) is 24.5 Å². The first-order valence-corrected chi connectivity index (χ1v) is 8.33. The van der Waals surface area contributed by atoms with E-state index >= 15 is 0 Å². The SMILES string of the molecule is Cc1cnc(NS(=O)(=O)c2ccc(N)cc2)n1CCN(C)C. The third-order valence-corrected chi connectivity index (χ3v) is 4.59. The molecule has 120 valence electrons. The number of anilines is 2. The highest BCUT2D eigenvalue weighted by molar-refractivity contribution is 7.92. The summed E-state index contributed by atoms with van der Waals surface area (Å²) in [7, 11) is 0.245. The van der Waals surface area contributed by atoms with E-state index in [0.717, 1.165) is 12.2 Å². The summed E-state index contributed by atoms with van der Waals surface area (Å²) >= 11 is 0. The first-order chi connectivity index (χ1) is 10.3. The van der Waals surface area contributed by atoms with Crippen molar-refractivity contribution >= 4 is 21.7 Å². The van der Waals surface area contributed by atoms with E-state index in [0.29, 0.717) is 18.2 Å². The van der Waals surface area contributed by atoms with Crippen molar-refractivity contribution in [1.29, 1.82) is 0 Å². The monoisotopic (exact) mass is 323 g/mol. The van der Waals surface area contributed by atoms with Gasteiger partial charge in [-0.05, 0) is 45.3 Å². The summed E-state index contributed by atoms with van der Waals surface area (Å²) in [5.74, 6) is 0.316. The van der Waals surface area contributed by atoms with E-state index in [4.69, 9.17) is 5.73 Å². The van der Waals surface area contributed by atoms with Crippen LogP contribution < -0.4 is 10.5 Å². The van der Waals surface area contributed by atoms with E-state index in [1.165, 1.54) is 12.1 Å². The number of hydrogen-bond acceptors (Lipinski definition) is 5. The maximum Gasteiger partial charge on any atom is 0.264 e. The van der Waals surface area contributed by atoms with Crippen molar-refractivity contribution in [2.24, 2.45) is 0 Å². The summed E-state index contributed by atoms with van der Waals surface area (Å²) in [4.78, 5) is 6.33. The number of hydrogen-bond donors (Lipinski definition) is 2. The van der Waals surface area contributed by atoms with Gasteiger partial charge in [0.15, 0.2) is 0 Å². The van der Waals surface area contributed by atoms with Gasteiger partial charge >= 0.3 is 0 Å². The Morgan fingerprint density at radius 1 is 1.27 bits per heavy atom. The van der Waals surface area contributed by atoms with Crippen molar-refractivity contribution < 1.29 is 8.42 Å². The maximum atomic E-state index is 12.4. The Morgan fingerprint density at radius 2 is 1.91 bits per heavy atom. The van der Waals surface area contributed by atoms with Gasteiger partial charge < -0.3 is 15.2 Å². The highest BCUT2D eigenvalue weighted by Crippen LogP contribution is 2.17. The Bertz CT molecular complexity index is 735. The zero-order chi connectivity index (χ0) is 16.3. The van der Waals surface area contributed by atoms with Crippen LogP contribution in [-0.4, -0.2) is 43.5 Å². The number of nitrogen functional groups attached to an aromatic ring is 1. The Labute approximate surface area is 130 Å². The van der Waals surface area contributed by atoms with E-state index in [2.05, 4.69) is 9.71 Å². The first kappa shape index (κ1) is 16.3. The largest absolute Gasteiger partial charge is 0.399 e. The van der Waals surface area contributed by atoms with Crippen LogP contribution in [0.25, 0.3) is 0 Å². The highest BCUT2D eigenvalue weighted by Gasteiger charge is 2.18. The number of aryl methyl sites for hydroxylation is 1. The number of likely N-dealkylation sites (N-methyl/N-ethyl adjacent to an activating group) is 1. The van der Waals surface area contributed by atoms with Gasteiger partial charge in [-0.2, -0.15) is 0 Å². The molecule has 1 aromatic heterocycles. The third kappa shape index (κ3) is 3.77. The number of imidazole rings is 1. The predicted octanol–water partition coefficient (Wildman–Crippen LogP) is 1.14. The quantitative estimate of drug-likeness (QED) is 0.778. The summed E-state index contributed by atoms with van der Waals surface area (Å²) in [6.45, 7) is 3.33. The lowest BCUT2D eigenvalue weighted by atomic mass is 10.3. The van der Waals surface area contributed by atoms with Crippen LogP contribution in [0.3, 0.4) is 0 Å². The number of nitrogens with two attached hydrogens (primary N) is 1. The molecule has 1 aromatic carbocycles. The van der Waals surface area contributed by atoms with Crippen molar-refractivity contribution in [2.75, 3.05) is 31.1 Å². The molecule has 2 rings (SSSR count). The second-order valence-corrected chi connectivity index (χ2v) is 7.04. The van der Waals surface area contributed by atoms with E-state index < -0.39 is 10.0 Å². The number of aromatic nitrogens is 2. The van der Waals surface area contributed by atoms with Crippen molar-refractivity contribution in [3.8, 4) is 0 Å². The Morgan fingerprint density at radius 3 is 2.50 bits per heavy atom. The van der Waals surface area contributed by atoms with Crippen LogP contribution in [0.5, 0.6) is 0 Å². The molecule has 0 aliphatic carbocycles. The van der Waals surface area contributed by atoms with Gasteiger partial charge in [0.05, 0.1) is 11.1 Å². The van der Waals surface area contributed by atoms with Gasteiger partial charge in [-0.3, -0.25) is 0 Å². The van der Waals surface area contributed by atoms with Crippen molar-refractivity contribution in [3.63, 3.8) is 0 Å². The van der Waals surface area contributed by atoms with Crippen LogP contribution in [-0.2, 0) is 16.6 Å². The Balaban J connectivity index is 2.24. The second-order valence-electron chi connectivity index (χ2n) is 5.35. The van der Waals surface area contributed by atoms with E-state index in [1.807, 2.05) is 30.5 Å². The summed E-state index contributed by atoms with van der Waals surface area (Å²) in [5.41, 5.74) is 7.00. The van der Waals surface area contributed by atoms with Crippen LogP contribution in [0.15, 0.2) is 35.4 Å². The fourth-order valence-corrected chi connectivity index (χ4v) is 2.97. The summed E-state index contributed by atoms with van der Waals surface area (Å²) < 4.78 is 29.2. The molecule has 8 heteroatoms. The molecule has 22 heavy (non-hydrogen) atoms. The molecule has 0 aliphatic rings. The first-order valence-electron chi connectivity index (χ1n) is 6.85. The van der Waals surface area contributed by atoms with Crippen LogP contribution in [0.1, 0.15) is 5.69 Å². The van der Waals surface area contributed by atoms with Crippen molar-refractivity contribution in [3.05, 3.63) is 36.2 Å². The van der Waals surface area contributed by atoms with Crippen molar-refractivity contribution in [1.82, 2.24) is 14.5 Å². The molecule has 2 aromatic rings. The number of rotatable bonds is 6. The standard InChI is InChI=1S/C14H21N5O2S/c1-11-10-16-14(19(11)9-8-18(2)3)17-22(20,21)13-6-4-12(15)5-7-13/h4-7,10H,8-9,15H2,1-3H3,(H,16,17). The summed E-state index contributed by atoms with van der Waals surface area (Å²) in [5, 5.41) is 0. The predicted molar refractivity (Wildman–Crippen MR) is 87.2 cm³/mol. The van der Waals surface area contributed by atoms with Gasteiger partial charge in [-0.1, -0.05) is 0 Å². The molecular formula is C14H21N5O2S. The molecule has 0 atom stereocenters. The van der Waals surface area contributed by atoms with Gasteiger partial charge in [0.1, 0.15) is 0 Å². The molecule has 0 unspecified atom stereocenters. The summed E-state index contributed by atoms with van der Waals surface area (Å²) in [6.07, 6.45) is 1.65. The number of nitrogens with one attached hydrogen (secondary N) is 1. The molecule has 3 N–H and O–H groups in total. The molecule has 0 amide bonds. The molecule has 7 nitrogen and oxygen atoms in total. The number of benzene rings is 1. The van der Waals surface area contributed by atoms with Crippen LogP contribution in [0.2, 0.25) is 0 Å². The van der Waals surface area contributed by atoms with E-state index in [9.17, 15) is 8.42 Å². The number of sulfonamides is 1. The molecular weight excluding hydrogens is 302 g/mol. The fraction of sp³-hybridized carbons (Fsp3) is 0.357. The smallest absolute Gasteiger partial charge is 0.264 e. The lowest BCUT2D eigenvalue weighted by Crippen LogP contribution is -2.22. The summed E-state index contributed by atoms with van der Waals surface area (Å²) in [6, 6.07) is 6.05. The minimum Gasteiger partial charge on any atom is -0.399 e. The zero-order valence-electron chi connectivity index (χ0n) is 12.9. The molecule has 0 saturated carbocycles. The van der Waals surface area contributed by atoms with Gasteiger partial charge in [-0.15, -0.1) is 0 Å². The topological polar surface area (TPSA) is 93.2 Å². The van der Waals surface area contributed by atoms with E-state index in [1.54, 1.807) is 18.3 Å². The van der Waals surface area contributed by atoms with Crippen LogP contribution >= 0.6 is 0 Å². The lowest BCUT2D eigenvalue weighted by molar-refractivity contribution is 0.383. The molecule has 0 saturated heterocycles. The fourth-order valence-electron chi connectivity index (χ4n) is 1.95. The minimum absolute atomic E-state index is 0.154.